The summed E-state index contributed by atoms with van der Waals surface area (Å²) in [5.74, 6) is 2.35. The molecule has 0 bridgehead atoms. The minimum atomic E-state index is -0.118. The summed E-state index contributed by atoms with van der Waals surface area (Å²) in [6, 6.07) is 0. The van der Waals surface area contributed by atoms with Crippen molar-refractivity contribution in [2.75, 3.05) is 25.1 Å². The van der Waals surface area contributed by atoms with Crippen LogP contribution in [0.2, 0.25) is 0 Å². The van der Waals surface area contributed by atoms with Crippen molar-refractivity contribution in [3.63, 3.8) is 0 Å². The van der Waals surface area contributed by atoms with E-state index in [0.29, 0.717) is 6.54 Å². The molecule has 2 atom stereocenters. The maximum Gasteiger partial charge on any atom is 0.226 e. The maximum atomic E-state index is 12.0. The van der Waals surface area contributed by atoms with E-state index in [-0.39, 0.29) is 23.6 Å². The van der Waals surface area contributed by atoms with E-state index in [4.69, 9.17) is 10.9 Å². The molecule has 1 fully saturated rings. The van der Waals surface area contributed by atoms with E-state index in [0.717, 1.165) is 17.9 Å². The molecule has 0 aromatic heterocycles. The smallest absolute Gasteiger partial charge is 0.226 e. The molecule has 0 spiro atoms. The zero-order valence-corrected chi connectivity index (χ0v) is 10.5. The van der Waals surface area contributed by atoms with Gasteiger partial charge < -0.3 is 15.8 Å². The summed E-state index contributed by atoms with van der Waals surface area (Å²) in [5, 5.41) is 11.5. The highest BCUT2D eigenvalue weighted by molar-refractivity contribution is 7.99. The molecule has 0 aromatic rings. The van der Waals surface area contributed by atoms with Crippen molar-refractivity contribution in [2.24, 2.45) is 22.7 Å². The van der Waals surface area contributed by atoms with Crippen LogP contribution in [-0.4, -0.2) is 46.9 Å². The number of nitrogens with zero attached hydrogens (tertiary/aromatic N) is 2. The summed E-state index contributed by atoms with van der Waals surface area (Å²) in [7, 11) is 1.77. The van der Waals surface area contributed by atoms with Gasteiger partial charge >= 0.3 is 0 Å². The van der Waals surface area contributed by atoms with E-state index in [1.54, 1.807) is 11.9 Å². The molecule has 0 radical (unpaired) electrons. The van der Waals surface area contributed by atoms with Gasteiger partial charge in [-0.1, -0.05) is 12.1 Å². The van der Waals surface area contributed by atoms with Gasteiger partial charge in [0, 0.05) is 31.2 Å². The largest absolute Gasteiger partial charge is 0.409 e. The van der Waals surface area contributed by atoms with Crippen LogP contribution in [0.1, 0.15) is 13.3 Å². The van der Waals surface area contributed by atoms with Crippen LogP contribution in [0.25, 0.3) is 0 Å². The van der Waals surface area contributed by atoms with Gasteiger partial charge in [-0.05, 0) is 12.2 Å². The van der Waals surface area contributed by atoms with Gasteiger partial charge in [0.25, 0.3) is 0 Å². The lowest BCUT2D eigenvalue weighted by molar-refractivity contribution is -0.133. The van der Waals surface area contributed by atoms with Gasteiger partial charge in [0.2, 0.25) is 5.91 Å². The second-order valence-corrected chi connectivity index (χ2v) is 5.36. The van der Waals surface area contributed by atoms with Gasteiger partial charge in [-0.25, -0.2) is 0 Å². The van der Waals surface area contributed by atoms with Gasteiger partial charge in [-0.3, -0.25) is 4.79 Å². The lowest BCUT2D eigenvalue weighted by Gasteiger charge is -2.23. The normalized spacial score (nSPS) is 23.1. The third kappa shape index (κ3) is 3.30. The quantitative estimate of drug-likeness (QED) is 0.329. The van der Waals surface area contributed by atoms with E-state index in [2.05, 4.69) is 5.16 Å². The number of carbonyl (C=O) groups excluding carboxylic acids is 1. The minimum Gasteiger partial charge on any atom is -0.409 e. The predicted octanol–water partition coefficient (Wildman–Crippen LogP) is 0.580. The lowest BCUT2D eigenvalue weighted by atomic mass is 10.1. The zero-order valence-electron chi connectivity index (χ0n) is 9.72. The standard InChI is InChI=1S/C10H19N3O2S/c1-7(9(11)12-15)5-13(2)10(14)8-3-4-16-6-8/h7-8,15H,3-6H2,1-2H3,(H2,11,12). The minimum absolute atomic E-state index is 0.118. The Morgan fingerprint density at radius 3 is 2.94 bits per heavy atom. The predicted molar refractivity (Wildman–Crippen MR) is 65.6 cm³/mol. The molecule has 6 heteroatoms. The molecule has 0 aliphatic carbocycles. The second kappa shape index (κ2) is 5.98. The summed E-state index contributed by atoms with van der Waals surface area (Å²) in [4.78, 5) is 13.6. The highest BCUT2D eigenvalue weighted by Crippen LogP contribution is 2.24. The number of thioether (sulfide) groups is 1. The van der Waals surface area contributed by atoms with Gasteiger partial charge in [0.05, 0.1) is 0 Å². The Kier molecular flexibility index (Phi) is 4.92. The average molecular weight is 245 g/mol. The van der Waals surface area contributed by atoms with E-state index < -0.39 is 0 Å². The Bertz CT molecular complexity index is 277. The number of hydrogen-bond acceptors (Lipinski definition) is 4. The van der Waals surface area contributed by atoms with Crippen LogP contribution in [0.4, 0.5) is 0 Å². The monoisotopic (exact) mass is 245 g/mol. The maximum absolute atomic E-state index is 12.0. The summed E-state index contributed by atoms with van der Waals surface area (Å²) in [5.41, 5.74) is 5.48. The highest BCUT2D eigenvalue weighted by Gasteiger charge is 2.26. The Balaban J connectivity index is 2.44. The van der Waals surface area contributed by atoms with Gasteiger partial charge in [-0.15, -0.1) is 0 Å². The fourth-order valence-corrected chi connectivity index (χ4v) is 2.95. The fourth-order valence-electron chi connectivity index (χ4n) is 1.73. The Morgan fingerprint density at radius 2 is 2.44 bits per heavy atom. The van der Waals surface area contributed by atoms with Gasteiger partial charge in [0.1, 0.15) is 5.84 Å². The number of rotatable bonds is 4. The van der Waals surface area contributed by atoms with Gasteiger partial charge in [0.15, 0.2) is 0 Å². The van der Waals surface area contributed by atoms with Crippen molar-refractivity contribution in [1.82, 2.24) is 4.90 Å². The molecule has 16 heavy (non-hydrogen) atoms. The van der Waals surface area contributed by atoms with Crippen molar-refractivity contribution >= 4 is 23.5 Å². The highest BCUT2D eigenvalue weighted by atomic mass is 32.2. The van der Waals surface area contributed by atoms with Crippen LogP contribution < -0.4 is 5.73 Å². The summed E-state index contributed by atoms with van der Waals surface area (Å²) < 4.78 is 0. The van der Waals surface area contributed by atoms with Crippen LogP contribution in [0.5, 0.6) is 0 Å². The molecule has 1 aliphatic heterocycles. The molecule has 5 nitrogen and oxygen atoms in total. The number of amides is 1. The number of hydrogen-bond donors (Lipinski definition) is 2. The first-order chi connectivity index (χ1) is 7.56. The molecule has 2 unspecified atom stereocenters. The van der Waals surface area contributed by atoms with Crippen molar-refractivity contribution in [3.05, 3.63) is 0 Å². The molecule has 1 amide bonds. The molecular formula is C10H19N3O2S. The second-order valence-electron chi connectivity index (χ2n) is 4.21. The number of oxime groups is 1. The first kappa shape index (κ1) is 13.2. The van der Waals surface area contributed by atoms with Crippen molar-refractivity contribution in [2.45, 2.75) is 13.3 Å². The Morgan fingerprint density at radius 1 is 1.75 bits per heavy atom. The number of amidine groups is 1. The fraction of sp³-hybridized carbons (Fsp3) is 0.800. The molecule has 3 N–H and O–H groups in total. The van der Waals surface area contributed by atoms with Crippen LogP contribution >= 0.6 is 11.8 Å². The molecule has 0 aromatic carbocycles. The molecule has 1 aliphatic rings. The third-order valence-corrected chi connectivity index (χ3v) is 3.99. The summed E-state index contributed by atoms with van der Waals surface area (Å²) >= 11 is 1.82. The van der Waals surface area contributed by atoms with Crippen LogP contribution in [-0.2, 0) is 4.79 Å². The molecule has 1 heterocycles. The number of carbonyl (C=O) groups is 1. The van der Waals surface area contributed by atoms with E-state index in [9.17, 15) is 4.79 Å². The van der Waals surface area contributed by atoms with Crippen molar-refractivity contribution < 1.29 is 10.0 Å². The third-order valence-electron chi connectivity index (χ3n) is 2.82. The average Bonchev–Trinajstić information content (AvgIpc) is 2.79. The summed E-state index contributed by atoms with van der Waals surface area (Å²) in [6.07, 6.45) is 0.964. The van der Waals surface area contributed by atoms with E-state index in [1.165, 1.54) is 0 Å². The zero-order chi connectivity index (χ0) is 12.1. The SMILES string of the molecule is CC(CN(C)C(=O)C1CCSC1)C(N)=NO. The topological polar surface area (TPSA) is 78.9 Å². The first-order valence-corrected chi connectivity index (χ1v) is 6.51. The van der Waals surface area contributed by atoms with Crippen LogP contribution in [0.15, 0.2) is 5.16 Å². The van der Waals surface area contributed by atoms with Gasteiger partial charge in [-0.2, -0.15) is 11.8 Å². The van der Waals surface area contributed by atoms with E-state index in [1.807, 2.05) is 18.7 Å². The van der Waals surface area contributed by atoms with Crippen LogP contribution in [0.3, 0.4) is 0 Å². The lowest BCUT2D eigenvalue weighted by Crippen LogP contribution is -2.39. The molecule has 0 saturated carbocycles. The first-order valence-electron chi connectivity index (χ1n) is 5.36. The van der Waals surface area contributed by atoms with Crippen molar-refractivity contribution in [3.8, 4) is 0 Å². The Labute approximate surface area is 100 Å². The summed E-state index contributed by atoms with van der Waals surface area (Å²) in [6.45, 7) is 2.33. The van der Waals surface area contributed by atoms with E-state index >= 15 is 0 Å². The van der Waals surface area contributed by atoms with Crippen LogP contribution in [0, 0.1) is 11.8 Å². The molecule has 1 saturated heterocycles. The number of nitrogens with two attached hydrogens (primary N) is 1. The molecular weight excluding hydrogens is 226 g/mol. The Hall–Kier alpha value is -0.910. The molecule has 92 valence electrons. The molecule has 1 rings (SSSR count). The van der Waals surface area contributed by atoms with Crippen molar-refractivity contribution in [1.29, 1.82) is 0 Å².